The van der Waals surface area contributed by atoms with E-state index in [1.807, 2.05) is 25.6 Å². The average molecular weight is 243 g/mol. The third-order valence-electron chi connectivity index (χ3n) is 2.45. The van der Waals surface area contributed by atoms with E-state index in [4.69, 9.17) is 5.11 Å². The van der Waals surface area contributed by atoms with Crippen LogP contribution >= 0.6 is 11.8 Å². The van der Waals surface area contributed by atoms with Gasteiger partial charge in [-0.2, -0.15) is 16.9 Å². The van der Waals surface area contributed by atoms with E-state index in [0.29, 0.717) is 6.61 Å². The predicted molar refractivity (Wildman–Crippen MR) is 68.8 cm³/mol. The Bertz CT molecular complexity index is 282. The molecule has 1 rings (SSSR count). The number of aromatic amines is 1. The topological polar surface area (TPSA) is 60.9 Å². The zero-order valence-corrected chi connectivity index (χ0v) is 10.9. The molecule has 5 heteroatoms. The number of rotatable bonds is 8. The van der Waals surface area contributed by atoms with Crippen LogP contribution in [0.25, 0.3) is 0 Å². The fourth-order valence-electron chi connectivity index (χ4n) is 1.46. The van der Waals surface area contributed by atoms with Gasteiger partial charge in [0.25, 0.3) is 0 Å². The molecule has 1 aromatic rings. The molecule has 0 fully saturated rings. The maximum atomic E-state index is 8.62. The lowest BCUT2D eigenvalue weighted by molar-refractivity contribution is 0.296. The number of aromatic nitrogens is 2. The molecular formula is C11H21N3OS. The minimum Gasteiger partial charge on any atom is -0.396 e. The van der Waals surface area contributed by atoms with Crippen molar-refractivity contribution in [2.45, 2.75) is 26.8 Å². The molecule has 0 aliphatic rings. The minimum absolute atomic E-state index is 0.299. The fourth-order valence-corrected chi connectivity index (χ4v) is 2.29. The first-order chi connectivity index (χ1) is 7.75. The Morgan fingerprint density at radius 3 is 2.81 bits per heavy atom. The van der Waals surface area contributed by atoms with Gasteiger partial charge in [0, 0.05) is 36.7 Å². The molecule has 0 aliphatic heterocycles. The summed E-state index contributed by atoms with van der Waals surface area (Å²) in [6.45, 7) is 6.26. The first-order valence-corrected chi connectivity index (χ1v) is 6.81. The molecule has 92 valence electrons. The fraction of sp³-hybridized carbons (Fsp3) is 0.727. The molecule has 0 bridgehead atoms. The van der Waals surface area contributed by atoms with Gasteiger partial charge in [0.15, 0.2) is 0 Å². The molecule has 4 nitrogen and oxygen atoms in total. The van der Waals surface area contributed by atoms with Crippen molar-refractivity contribution in [3.05, 3.63) is 17.0 Å². The van der Waals surface area contributed by atoms with E-state index >= 15 is 0 Å². The van der Waals surface area contributed by atoms with Crippen molar-refractivity contribution >= 4 is 11.8 Å². The van der Waals surface area contributed by atoms with Gasteiger partial charge in [-0.25, -0.2) is 0 Å². The SMILES string of the molecule is Cc1n[nH]c(C)c1CNCCSCCCO. The monoisotopic (exact) mass is 243 g/mol. The van der Waals surface area contributed by atoms with Crippen LogP contribution in [-0.4, -0.2) is 40.0 Å². The largest absolute Gasteiger partial charge is 0.396 e. The quantitative estimate of drug-likeness (QED) is 0.601. The number of hydrogen-bond donors (Lipinski definition) is 3. The van der Waals surface area contributed by atoms with Gasteiger partial charge in [0.2, 0.25) is 0 Å². The molecule has 0 amide bonds. The molecule has 0 aromatic carbocycles. The number of H-pyrrole nitrogens is 1. The maximum Gasteiger partial charge on any atom is 0.0638 e. The molecular weight excluding hydrogens is 222 g/mol. The summed E-state index contributed by atoms with van der Waals surface area (Å²) in [5, 5.41) is 19.2. The van der Waals surface area contributed by atoms with Gasteiger partial charge in [-0.15, -0.1) is 0 Å². The van der Waals surface area contributed by atoms with Crippen molar-refractivity contribution in [3.63, 3.8) is 0 Å². The summed E-state index contributed by atoms with van der Waals surface area (Å²) in [7, 11) is 0. The second-order valence-electron chi connectivity index (χ2n) is 3.78. The molecule has 0 saturated heterocycles. The van der Waals surface area contributed by atoms with Crippen LogP contribution in [0.4, 0.5) is 0 Å². The lowest BCUT2D eigenvalue weighted by Gasteiger charge is -2.04. The van der Waals surface area contributed by atoms with Crippen molar-refractivity contribution in [3.8, 4) is 0 Å². The molecule has 0 unspecified atom stereocenters. The molecule has 0 atom stereocenters. The molecule has 16 heavy (non-hydrogen) atoms. The Labute approximate surface area is 101 Å². The van der Waals surface area contributed by atoms with Gasteiger partial charge in [0.05, 0.1) is 5.69 Å². The highest BCUT2D eigenvalue weighted by Crippen LogP contribution is 2.08. The third kappa shape index (κ3) is 4.55. The zero-order chi connectivity index (χ0) is 11.8. The van der Waals surface area contributed by atoms with Crippen LogP contribution in [0, 0.1) is 13.8 Å². The summed E-state index contributed by atoms with van der Waals surface area (Å²) in [5.74, 6) is 2.14. The summed E-state index contributed by atoms with van der Waals surface area (Å²) in [4.78, 5) is 0. The standard InChI is InChI=1S/C11H21N3OS/c1-9-11(10(2)14-13-9)8-12-4-7-16-6-3-5-15/h12,15H,3-8H2,1-2H3,(H,13,14). The van der Waals surface area contributed by atoms with Crippen LogP contribution in [0.5, 0.6) is 0 Å². The van der Waals surface area contributed by atoms with Gasteiger partial charge in [-0.3, -0.25) is 5.10 Å². The van der Waals surface area contributed by atoms with Gasteiger partial charge >= 0.3 is 0 Å². The highest BCUT2D eigenvalue weighted by molar-refractivity contribution is 7.99. The number of thioether (sulfide) groups is 1. The van der Waals surface area contributed by atoms with Crippen LogP contribution in [0.15, 0.2) is 0 Å². The second-order valence-corrected chi connectivity index (χ2v) is 5.00. The molecule has 0 aliphatic carbocycles. The Balaban J connectivity index is 2.07. The molecule has 1 heterocycles. The number of nitrogens with one attached hydrogen (secondary N) is 2. The van der Waals surface area contributed by atoms with Crippen molar-refractivity contribution in [2.75, 3.05) is 24.7 Å². The van der Waals surface area contributed by atoms with Crippen LogP contribution in [0.3, 0.4) is 0 Å². The smallest absolute Gasteiger partial charge is 0.0638 e. The Kier molecular flexibility index (Phi) is 6.52. The Morgan fingerprint density at radius 1 is 1.38 bits per heavy atom. The Hall–Kier alpha value is -0.520. The second kappa shape index (κ2) is 7.70. The van der Waals surface area contributed by atoms with E-state index in [2.05, 4.69) is 15.5 Å². The minimum atomic E-state index is 0.299. The number of hydrogen-bond acceptors (Lipinski definition) is 4. The van der Waals surface area contributed by atoms with Gasteiger partial charge in [-0.05, 0) is 26.0 Å². The molecule has 0 radical (unpaired) electrons. The van der Waals surface area contributed by atoms with Crippen LogP contribution in [0.2, 0.25) is 0 Å². The molecule has 1 aromatic heterocycles. The Morgan fingerprint density at radius 2 is 2.19 bits per heavy atom. The van der Waals surface area contributed by atoms with Gasteiger partial charge in [-0.1, -0.05) is 0 Å². The predicted octanol–water partition coefficient (Wildman–Crippen LogP) is 1.23. The number of aliphatic hydroxyl groups is 1. The highest BCUT2D eigenvalue weighted by Gasteiger charge is 2.04. The van der Waals surface area contributed by atoms with E-state index in [9.17, 15) is 0 Å². The van der Waals surface area contributed by atoms with E-state index < -0.39 is 0 Å². The number of aliphatic hydroxyl groups excluding tert-OH is 1. The van der Waals surface area contributed by atoms with E-state index in [1.165, 1.54) is 5.56 Å². The van der Waals surface area contributed by atoms with E-state index in [1.54, 1.807) is 0 Å². The summed E-state index contributed by atoms with van der Waals surface area (Å²) >= 11 is 1.88. The maximum absolute atomic E-state index is 8.62. The lowest BCUT2D eigenvalue weighted by Crippen LogP contribution is -2.17. The van der Waals surface area contributed by atoms with Crippen molar-refractivity contribution in [2.24, 2.45) is 0 Å². The molecule has 0 spiro atoms. The van der Waals surface area contributed by atoms with Gasteiger partial charge in [0.1, 0.15) is 0 Å². The normalized spacial score (nSPS) is 10.9. The van der Waals surface area contributed by atoms with E-state index in [-0.39, 0.29) is 0 Å². The van der Waals surface area contributed by atoms with Crippen LogP contribution < -0.4 is 5.32 Å². The summed E-state index contributed by atoms with van der Waals surface area (Å²) in [6.07, 6.45) is 0.893. The molecule has 0 saturated carbocycles. The van der Waals surface area contributed by atoms with Crippen molar-refractivity contribution in [1.29, 1.82) is 0 Å². The first-order valence-electron chi connectivity index (χ1n) is 5.65. The van der Waals surface area contributed by atoms with Gasteiger partial charge < -0.3 is 10.4 Å². The van der Waals surface area contributed by atoms with E-state index in [0.717, 1.165) is 42.4 Å². The summed E-state index contributed by atoms with van der Waals surface area (Å²) in [5.41, 5.74) is 3.51. The average Bonchev–Trinajstić information content (AvgIpc) is 2.59. The molecule has 3 N–H and O–H groups in total. The lowest BCUT2D eigenvalue weighted by atomic mass is 10.2. The van der Waals surface area contributed by atoms with Crippen molar-refractivity contribution in [1.82, 2.24) is 15.5 Å². The van der Waals surface area contributed by atoms with Crippen LogP contribution in [-0.2, 0) is 6.54 Å². The number of aryl methyl sites for hydroxylation is 2. The third-order valence-corrected chi connectivity index (χ3v) is 3.52. The summed E-state index contributed by atoms with van der Waals surface area (Å²) in [6, 6.07) is 0. The highest BCUT2D eigenvalue weighted by atomic mass is 32.2. The summed E-state index contributed by atoms with van der Waals surface area (Å²) < 4.78 is 0. The van der Waals surface area contributed by atoms with Crippen LogP contribution in [0.1, 0.15) is 23.4 Å². The van der Waals surface area contributed by atoms with Crippen molar-refractivity contribution < 1.29 is 5.11 Å². The number of nitrogens with zero attached hydrogens (tertiary/aromatic N) is 1. The first kappa shape index (κ1) is 13.5. The zero-order valence-electron chi connectivity index (χ0n) is 10.0.